The zero-order valence-corrected chi connectivity index (χ0v) is 20.2. The third kappa shape index (κ3) is 25.4. The Labute approximate surface area is 184 Å². The van der Waals surface area contributed by atoms with Crippen molar-refractivity contribution in [3.8, 4) is 0 Å². The number of esters is 1. The van der Waals surface area contributed by atoms with Crippen molar-refractivity contribution in [2.45, 2.75) is 162 Å². The van der Waals surface area contributed by atoms with Gasteiger partial charge in [0.15, 0.2) is 0 Å². The third-order valence-corrected chi connectivity index (χ3v) is 5.87. The van der Waals surface area contributed by atoms with E-state index in [1.807, 2.05) is 0 Å². The predicted molar refractivity (Wildman–Crippen MR) is 128 cm³/mol. The summed E-state index contributed by atoms with van der Waals surface area (Å²) in [6.07, 6.45) is 29.4. The Morgan fingerprint density at radius 3 is 1.28 bits per heavy atom. The quantitative estimate of drug-likeness (QED) is 0.117. The van der Waals surface area contributed by atoms with Crippen molar-refractivity contribution in [2.75, 3.05) is 0 Å². The summed E-state index contributed by atoms with van der Waals surface area (Å²) in [7, 11) is 0. The molecule has 0 aromatic heterocycles. The third-order valence-electron chi connectivity index (χ3n) is 5.87. The average Bonchev–Trinajstić information content (AvgIpc) is 2.72. The van der Waals surface area contributed by atoms with Crippen LogP contribution in [0.3, 0.4) is 0 Å². The Kier molecular flexibility index (Phi) is 25.0. The second-order valence-corrected chi connectivity index (χ2v) is 8.91. The highest BCUT2D eigenvalue weighted by Gasteiger charge is 2.03. The fourth-order valence-electron chi connectivity index (χ4n) is 3.86. The van der Waals surface area contributed by atoms with Crippen LogP contribution in [0.4, 0.5) is 0 Å². The molecule has 0 aromatic carbocycles. The summed E-state index contributed by atoms with van der Waals surface area (Å²) in [5.74, 6) is -0.0343. The monoisotopic (exact) mass is 409 g/mol. The zero-order valence-electron chi connectivity index (χ0n) is 20.2. The highest BCUT2D eigenvalue weighted by molar-refractivity contribution is 5.69. The number of carbonyl (C=O) groups excluding carboxylic acids is 1. The minimum atomic E-state index is -0.0343. The van der Waals surface area contributed by atoms with Gasteiger partial charge in [0.1, 0.15) is 6.61 Å². The molecule has 0 N–H and O–H groups in total. The molecule has 0 unspecified atom stereocenters. The molecule has 2 nitrogen and oxygen atoms in total. The molecule has 0 bridgehead atoms. The molecule has 0 aliphatic rings. The van der Waals surface area contributed by atoms with Crippen LogP contribution in [-0.2, 0) is 9.53 Å². The Morgan fingerprint density at radius 1 is 0.517 bits per heavy atom. The number of carbonyl (C=O) groups is 1. The molecule has 0 fully saturated rings. The molecule has 0 rings (SSSR count). The lowest BCUT2D eigenvalue weighted by molar-refractivity contribution is -0.140. The van der Waals surface area contributed by atoms with Crippen LogP contribution >= 0.6 is 0 Å². The maximum absolute atomic E-state index is 11.7. The van der Waals surface area contributed by atoms with Crippen LogP contribution in [0.15, 0.2) is 0 Å². The van der Waals surface area contributed by atoms with Crippen LogP contribution in [0, 0.1) is 6.61 Å². The molecule has 2 heteroatoms. The van der Waals surface area contributed by atoms with Gasteiger partial charge in [-0.05, 0) is 19.3 Å². The number of unbranched alkanes of at least 4 members (excludes halogenated alkanes) is 20. The molecule has 0 heterocycles. The average molecular weight is 410 g/mol. The van der Waals surface area contributed by atoms with E-state index in [4.69, 9.17) is 4.74 Å². The van der Waals surface area contributed by atoms with Crippen LogP contribution in [0.25, 0.3) is 0 Å². The molecule has 173 valence electrons. The second-order valence-electron chi connectivity index (χ2n) is 8.91. The van der Waals surface area contributed by atoms with Crippen LogP contribution in [0.1, 0.15) is 162 Å². The van der Waals surface area contributed by atoms with E-state index >= 15 is 0 Å². The van der Waals surface area contributed by atoms with Gasteiger partial charge in [0.2, 0.25) is 0 Å². The minimum absolute atomic E-state index is 0.0343. The Hall–Kier alpha value is -0.530. The highest BCUT2D eigenvalue weighted by atomic mass is 16.5. The first-order chi connectivity index (χ1) is 14.3. The summed E-state index contributed by atoms with van der Waals surface area (Å²) in [5, 5.41) is 0. The normalized spacial score (nSPS) is 11.1. The number of ether oxygens (including phenoxy) is 1. The van der Waals surface area contributed by atoms with Gasteiger partial charge in [0.05, 0.1) is 0 Å². The van der Waals surface area contributed by atoms with Gasteiger partial charge in [-0.25, -0.2) is 0 Å². The van der Waals surface area contributed by atoms with Gasteiger partial charge in [0.25, 0.3) is 0 Å². The standard InChI is InChI=1S/C27H53O2/c1-3-5-7-9-11-13-15-17-19-21-23-25-27(28)29-26-24-22-20-18-16-14-12-10-8-6-4-2/h26H,3-25H2,1-2H3. The van der Waals surface area contributed by atoms with E-state index in [0.717, 1.165) is 19.3 Å². The highest BCUT2D eigenvalue weighted by Crippen LogP contribution is 2.14. The van der Waals surface area contributed by atoms with Crippen molar-refractivity contribution < 1.29 is 9.53 Å². The molecule has 0 aromatic rings. The lowest BCUT2D eigenvalue weighted by atomic mass is 10.1. The smallest absolute Gasteiger partial charge is 0.306 e. The van der Waals surface area contributed by atoms with Gasteiger partial charge in [-0.2, -0.15) is 0 Å². The first kappa shape index (κ1) is 28.5. The molecule has 0 saturated carbocycles. The van der Waals surface area contributed by atoms with E-state index < -0.39 is 0 Å². The summed E-state index contributed by atoms with van der Waals surface area (Å²) in [6, 6.07) is 0. The van der Waals surface area contributed by atoms with Crippen LogP contribution in [-0.4, -0.2) is 5.97 Å². The molecular formula is C27H53O2. The van der Waals surface area contributed by atoms with Crippen molar-refractivity contribution in [3.05, 3.63) is 6.61 Å². The van der Waals surface area contributed by atoms with Gasteiger partial charge in [0, 0.05) is 6.42 Å². The zero-order chi connectivity index (χ0) is 21.3. The number of rotatable bonds is 24. The van der Waals surface area contributed by atoms with E-state index in [-0.39, 0.29) is 5.97 Å². The van der Waals surface area contributed by atoms with Crippen molar-refractivity contribution in [3.63, 3.8) is 0 Å². The molecule has 1 radical (unpaired) electrons. The minimum Gasteiger partial charge on any atom is -0.458 e. The van der Waals surface area contributed by atoms with Crippen LogP contribution < -0.4 is 0 Å². The summed E-state index contributed by atoms with van der Waals surface area (Å²) < 4.78 is 5.25. The molecule has 0 saturated heterocycles. The van der Waals surface area contributed by atoms with E-state index in [0.29, 0.717) is 6.42 Å². The van der Waals surface area contributed by atoms with Crippen molar-refractivity contribution >= 4 is 5.97 Å². The van der Waals surface area contributed by atoms with E-state index in [9.17, 15) is 4.79 Å². The first-order valence-electron chi connectivity index (χ1n) is 13.3. The number of hydrogen-bond acceptors (Lipinski definition) is 2. The van der Waals surface area contributed by atoms with E-state index in [1.54, 1.807) is 6.61 Å². The lowest BCUT2D eigenvalue weighted by Crippen LogP contribution is -2.02. The van der Waals surface area contributed by atoms with Crippen molar-refractivity contribution in [2.24, 2.45) is 0 Å². The Morgan fingerprint density at radius 2 is 0.862 bits per heavy atom. The Balaban J connectivity index is 3.13. The summed E-state index contributed by atoms with van der Waals surface area (Å²) >= 11 is 0. The summed E-state index contributed by atoms with van der Waals surface area (Å²) in [4.78, 5) is 11.7. The first-order valence-corrected chi connectivity index (χ1v) is 13.3. The van der Waals surface area contributed by atoms with Gasteiger partial charge < -0.3 is 4.74 Å². The molecule has 0 aliphatic carbocycles. The fourth-order valence-corrected chi connectivity index (χ4v) is 3.86. The van der Waals surface area contributed by atoms with Crippen LogP contribution in [0.5, 0.6) is 0 Å². The van der Waals surface area contributed by atoms with Gasteiger partial charge in [-0.3, -0.25) is 4.79 Å². The summed E-state index contributed by atoms with van der Waals surface area (Å²) in [6.45, 7) is 6.28. The topological polar surface area (TPSA) is 26.3 Å². The van der Waals surface area contributed by atoms with Gasteiger partial charge >= 0.3 is 5.97 Å². The molecule has 0 aliphatic heterocycles. The van der Waals surface area contributed by atoms with E-state index in [2.05, 4.69) is 13.8 Å². The lowest BCUT2D eigenvalue weighted by Gasteiger charge is -2.05. The maximum Gasteiger partial charge on any atom is 0.306 e. The SMILES string of the molecule is CCCCCCCCCCCC[CH]OC(=O)CCCCCCCCCCCCC. The molecule has 0 amide bonds. The maximum atomic E-state index is 11.7. The molecule has 0 spiro atoms. The Bertz CT molecular complexity index is 314. The summed E-state index contributed by atoms with van der Waals surface area (Å²) in [5.41, 5.74) is 0. The van der Waals surface area contributed by atoms with Gasteiger partial charge in [-0.15, -0.1) is 0 Å². The largest absolute Gasteiger partial charge is 0.458 e. The van der Waals surface area contributed by atoms with Gasteiger partial charge in [-0.1, -0.05) is 136 Å². The van der Waals surface area contributed by atoms with Crippen molar-refractivity contribution in [1.29, 1.82) is 0 Å². The fraction of sp³-hybridized carbons (Fsp3) is 0.926. The van der Waals surface area contributed by atoms with E-state index in [1.165, 1.54) is 122 Å². The van der Waals surface area contributed by atoms with Crippen LogP contribution in [0.2, 0.25) is 0 Å². The number of hydrogen-bond donors (Lipinski definition) is 0. The second kappa shape index (κ2) is 25.5. The molecule has 29 heavy (non-hydrogen) atoms. The molecular weight excluding hydrogens is 356 g/mol. The molecule has 0 atom stereocenters. The van der Waals surface area contributed by atoms with Crippen molar-refractivity contribution in [1.82, 2.24) is 0 Å². The predicted octanol–water partition coefficient (Wildman–Crippen LogP) is 9.70.